The second-order valence-corrected chi connectivity index (χ2v) is 8.96. The van der Waals surface area contributed by atoms with Crippen LogP contribution in [0.25, 0.3) is 0 Å². The van der Waals surface area contributed by atoms with Crippen LogP contribution in [-0.4, -0.2) is 47.4 Å². The van der Waals surface area contributed by atoms with Crippen LogP contribution >= 0.6 is 11.3 Å². The van der Waals surface area contributed by atoms with E-state index in [1.807, 2.05) is 36.3 Å². The average Bonchev–Trinajstić information content (AvgIpc) is 3.38. The molecule has 3 rings (SSSR count). The quantitative estimate of drug-likeness (QED) is 0.610. The first-order chi connectivity index (χ1) is 14.9. The van der Waals surface area contributed by atoms with Crippen molar-refractivity contribution in [1.82, 2.24) is 15.2 Å². The first-order valence-corrected chi connectivity index (χ1v) is 11.7. The zero-order valence-corrected chi connectivity index (χ0v) is 19.3. The van der Waals surface area contributed by atoms with Crippen LogP contribution in [0.3, 0.4) is 0 Å². The highest BCUT2D eigenvalue weighted by Crippen LogP contribution is 2.22. The Balaban J connectivity index is 1.53. The Morgan fingerprint density at radius 3 is 2.84 bits per heavy atom. The van der Waals surface area contributed by atoms with Crippen LogP contribution in [0.1, 0.15) is 58.4 Å². The highest BCUT2D eigenvalue weighted by atomic mass is 32.1. The third kappa shape index (κ3) is 5.76. The molecule has 168 valence electrons. The Kier molecular flexibility index (Phi) is 7.90. The average molecular weight is 446 g/mol. The predicted octanol–water partition coefficient (Wildman–Crippen LogP) is 3.36. The summed E-state index contributed by atoms with van der Waals surface area (Å²) < 4.78 is 5.09. The van der Waals surface area contributed by atoms with Crippen molar-refractivity contribution in [3.05, 3.63) is 44.9 Å². The predicted molar refractivity (Wildman–Crippen MR) is 120 cm³/mol. The number of ether oxygens (including phenoxy) is 1. The number of esters is 1. The van der Waals surface area contributed by atoms with Gasteiger partial charge in [0, 0.05) is 30.1 Å². The summed E-state index contributed by atoms with van der Waals surface area (Å²) in [5, 5.41) is 4.99. The molecular weight excluding hydrogens is 414 g/mol. The van der Waals surface area contributed by atoms with Crippen LogP contribution < -0.4 is 5.32 Å². The monoisotopic (exact) mass is 445 g/mol. The summed E-state index contributed by atoms with van der Waals surface area (Å²) in [6, 6.07) is 3.97. The fraction of sp³-hybridized carbons (Fsp3) is 0.522. The maximum absolute atomic E-state index is 12.8. The summed E-state index contributed by atoms with van der Waals surface area (Å²) in [6.45, 7) is 7.57. The fourth-order valence-corrected chi connectivity index (χ4v) is 4.76. The molecule has 0 unspecified atom stereocenters. The van der Waals surface area contributed by atoms with E-state index in [1.165, 1.54) is 0 Å². The molecule has 1 aliphatic heterocycles. The maximum Gasteiger partial charge on any atom is 0.355 e. The topological polar surface area (TPSA) is 91.5 Å². The summed E-state index contributed by atoms with van der Waals surface area (Å²) in [5.41, 5.74) is 3.17. The highest BCUT2D eigenvalue weighted by molar-refractivity contribution is 7.09. The standard InChI is InChI=1S/C23H31N3O4S/c1-4-30-23(29)21-15(2)19(16(3)25-21)9-10-20(27)26-11-5-7-17(14-26)22(28)24-13-18-8-6-12-31-18/h6,8,12,17,25H,4-5,7,9-11,13-14H2,1-3H3,(H,24,28)/t17-/m0/s1. The minimum Gasteiger partial charge on any atom is -0.461 e. The molecule has 2 N–H and O–H groups in total. The number of H-pyrrole nitrogens is 1. The molecule has 1 aliphatic rings. The van der Waals surface area contributed by atoms with E-state index in [9.17, 15) is 14.4 Å². The number of amides is 2. The number of aromatic nitrogens is 1. The second kappa shape index (κ2) is 10.6. The minimum absolute atomic E-state index is 0.0160. The van der Waals surface area contributed by atoms with Crippen LogP contribution in [0.2, 0.25) is 0 Å². The van der Waals surface area contributed by atoms with Gasteiger partial charge in [0.25, 0.3) is 0 Å². The molecule has 3 heterocycles. The number of piperidine rings is 1. The van der Waals surface area contributed by atoms with Crippen molar-refractivity contribution in [2.75, 3.05) is 19.7 Å². The lowest BCUT2D eigenvalue weighted by molar-refractivity contribution is -0.135. The van der Waals surface area contributed by atoms with E-state index in [0.717, 1.165) is 34.5 Å². The van der Waals surface area contributed by atoms with Gasteiger partial charge in [-0.1, -0.05) is 6.07 Å². The van der Waals surface area contributed by atoms with Gasteiger partial charge in [0.1, 0.15) is 5.69 Å². The Morgan fingerprint density at radius 1 is 1.32 bits per heavy atom. The van der Waals surface area contributed by atoms with E-state index in [-0.39, 0.29) is 23.7 Å². The van der Waals surface area contributed by atoms with Crippen LogP contribution in [-0.2, 0) is 27.3 Å². The van der Waals surface area contributed by atoms with Gasteiger partial charge >= 0.3 is 5.97 Å². The second-order valence-electron chi connectivity index (χ2n) is 7.93. The summed E-state index contributed by atoms with van der Waals surface area (Å²) >= 11 is 1.62. The Morgan fingerprint density at radius 2 is 2.13 bits per heavy atom. The molecule has 0 aromatic carbocycles. The van der Waals surface area contributed by atoms with Crippen molar-refractivity contribution in [2.24, 2.45) is 5.92 Å². The molecule has 8 heteroatoms. The van der Waals surface area contributed by atoms with Gasteiger partial charge < -0.3 is 19.9 Å². The zero-order chi connectivity index (χ0) is 22.4. The molecule has 0 saturated carbocycles. The summed E-state index contributed by atoms with van der Waals surface area (Å²) in [5.74, 6) is -0.465. The van der Waals surface area contributed by atoms with E-state index >= 15 is 0 Å². The third-order valence-corrected chi connectivity index (χ3v) is 6.70. The van der Waals surface area contributed by atoms with Crippen LogP contribution in [0.4, 0.5) is 0 Å². The first-order valence-electron chi connectivity index (χ1n) is 10.8. The molecule has 2 amide bonds. The van der Waals surface area contributed by atoms with E-state index in [1.54, 1.807) is 18.3 Å². The van der Waals surface area contributed by atoms with E-state index in [0.29, 0.717) is 44.8 Å². The van der Waals surface area contributed by atoms with Crippen LogP contribution in [0.5, 0.6) is 0 Å². The van der Waals surface area contributed by atoms with Crippen LogP contribution in [0, 0.1) is 19.8 Å². The molecule has 1 fully saturated rings. The lowest BCUT2D eigenvalue weighted by atomic mass is 9.96. The van der Waals surface area contributed by atoms with Gasteiger partial charge in [-0.05, 0) is 62.6 Å². The van der Waals surface area contributed by atoms with Crippen molar-refractivity contribution in [1.29, 1.82) is 0 Å². The summed E-state index contributed by atoms with van der Waals surface area (Å²) in [4.78, 5) is 43.5. The lowest BCUT2D eigenvalue weighted by Gasteiger charge is -2.32. The number of hydrogen-bond acceptors (Lipinski definition) is 5. The molecule has 1 atom stereocenters. The van der Waals surface area contributed by atoms with Crippen molar-refractivity contribution >= 4 is 29.1 Å². The molecule has 2 aromatic rings. The summed E-state index contributed by atoms with van der Waals surface area (Å²) in [6.07, 6.45) is 2.54. The van der Waals surface area contributed by atoms with E-state index < -0.39 is 0 Å². The number of hydrogen-bond donors (Lipinski definition) is 2. The lowest BCUT2D eigenvalue weighted by Crippen LogP contribution is -2.45. The van der Waals surface area contributed by atoms with Crippen molar-refractivity contribution < 1.29 is 19.1 Å². The van der Waals surface area contributed by atoms with Gasteiger partial charge in [0.15, 0.2) is 0 Å². The highest BCUT2D eigenvalue weighted by Gasteiger charge is 2.28. The van der Waals surface area contributed by atoms with Gasteiger partial charge in [0.2, 0.25) is 11.8 Å². The molecule has 1 saturated heterocycles. The number of aryl methyl sites for hydroxylation is 1. The number of aromatic amines is 1. The number of nitrogens with one attached hydrogen (secondary N) is 2. The van der Waals surface area contributed by atoms with Gasteiger partial charge in [-0.3, -0.25) is 9.59 Å². The SMILES string of the molecule is CCOC(=O)c1[nH]c(C)c(CCC(=O)N2CCC[C@H](C(=O)NCc3cccs3)C2)c1C. The molecular formula is C23H31N3O4S. The molecule has 0 bridgehead atoms. The Labute approximate surface area is 187 Å². The zero-order valence-electron chi connectivity index (χ0n) is 18.5. The first kappa shape index (κ1) is 23.1. The molecule has 2 aromatic heterocycles. The van der Waals surface area contributed by atoms with Gasteiger partial charge in [-0.25, -0.2) is 4.79 Å². The summed E-state index contributed by atoms with van der Waals surface area (Å²) in [7, 11) is 0. The van der Waals surface area contributed by atoms with Gasteiger partial charge in [-0.15, -0.1) is 11.3 Å². The molecule has 0 spiro atoms. The minimum atomic E-state index is -0.367. The third-order valence-electron chi connectivity index (χ3n) is 5.82. The fourth-order valence-electron chi connectivity index (χ4n) is 4.11. The Bertz CT molecular complexity index is 920. The number of carbonyl (C=O) groups is 3. The number of likely N-dealkylation sites (tertiary alicyclic amines) is 1. The van der Waals surface area contributed by atoms with E-state index in [4.69, 9.17) is 4.74 Å². The number of nitrogens with zero attached hydrogens (tertiary/aromatic N) is 1. The number of carbonyl (C=O) groups excluding carboxylic acids is 3. The smallest absolute Gasteiger partial charge is 0.355 e. The molecule has 7 nitrogen and oxygen atoms in total. The van der Waals surface area contributed by atoms with Crippen molar-refractivity contribution in [3.63, 3.8) is 0 Å². The normalized spacial score (nSPS) is 16.2. The van der Waals surface area contributed by atoms with Crippen molar-refractivity contribution in [2.45, 2.75) is 53.0 Å². The number of rotatable bonds is 8. The molecule has 31 heavy (non-hydrogen) atoms. The van der Waals surface area contributed by atoms with Crippen LogP contribution in [0.15, 0.2) is 17.5 Å². The Hall–Kier alpha value is -2.61. The number of thiophene rings is 1. The molecule has 0 radical (unpaired) electrons. The van der Waals surface area contributed by atoms with Gasteiger partial charge in [0.05, 0.1) is 19.1 Å². The largest absolute Gasteiger partial charge is 0.461 e. The van der Waals surface area contributed by atoms with E-state index in [2.05, 4.69) is 10.3 Å². The van der Waals surface area contributed by atoms with Gasteiger partial charge in [-0.2, -0.15) is 0 Å². The maximum atomic E-state index is 12.8. The molecule has 0 aliphatic carbocycles. The van der Waals surface area contributed by atoms with Crippen molar-refractivity contribution in [3.8, 4) is 0 Å².